The van der Waals surface area contributed by atoms with Gasteiger partial charge in [0.05, 0.1) is 6.10 Å². The molecule has 0 saturated carbocycles. The van der Waals surface area contributed by atoms with Gasteiger partial charge in [-0.3, -0.25) is 86.3 Å². The first-order valence-electron chi connectivity index (χ1n) is 47.0. The van der Waals surface area contributed by atoms with E-state index in [0.717, 1.165) is 147 Å². The quantitative estimate of drug-likeness (QED) is 0.0483. The van der Waals surface area contributed by atoms with Crippen LogP contribution in [0.1, 0.15) is 181 Å². The number of benzene rings is 2. The first-order chi connectivity index (χ1) is 69.9. The lowest BCUT2D eigenvalue weighted by atomic mass is 9.93. The van der Waals surface area contributed by atoms with Crippen molar-refractivity contribution in [2.24, 2.45) is 0 Å². The molecule has 31 atom stereocenters. The van der Waals surface area contributed by atoms with Crippen LogP contribution in [0.15, 0.2) is 48.5 Å². The average molecular weight is 2110 g/mol. The second-order valence-electron chi connectivity index (χ2n) is 35.0. The molecule has 0 unspecified atom stereocenters. The maximum absolute atomic E-state index is 14.3. The minimum atomic E-state index is -2.50. The largest absolute Gasteiger partial charge is 0.480 e. The van der Waals surface area contributed by atoms with Crippen LogP contribution < -0.4 is 10.6 Å². The van der Waals surface area contributed by atoms with E-state index in [2.05, 4.69) is 10.6 Å². The molecule has 0 radical (unpaired) electrons. The molecule has 0 bridgehead atoms. The molecule has 1 aliphatic carbocycles. The Balaban J connectivity index is 1.11. The Kier molecular flexibility index (Phi) is 44.5. The molecule has 0 spiro atoms. The third-order valence-corrected chi connectivity index (χ3v) is 23.0. The van der Waals surface area contributed by atoms with Crippen LogP contribution in [0.25, 0.3) is 11.1 Å². The van der Waals surface area contributed by atoms with Gasteiger partial charge in [-0.2, -0.15) is 0 Å². The minimum absolute atomic E-state index is 0.0428. The molecule has 9 rings (SSSR count). The number of nitrogens with one attached hydrogen (secondary N) is 2. The summed E-state index contributed by atoms with van der Waals surface area (Å²) in [7, 11) is 0. The van der Waals surface area contributed by atoms with Gasteiger partial charge in [0.25, 0.3) is 0 Å². The molecule has 2 amide bonds. The number of hydrogen-bond donors (Lipinski definition) is 3. The summed E-state index contributed by atoms with van der Waals surface area (Å²) in [4.78, 5) is 268. The van der Waals surface area contributed by atoms with Crippen molar-refractivity contribution in [2.45, 2.75) is 360 Å². The van der Waals surface area contributed by atoms with Gasteiger partial charge in [-0.05, 0) is 42.0 Å². The zero-order valence-electron chi connectivity index (χ0n) is 84.4. The number of amides is 2. The molecule has 3 N–H and O–H groups in total. The van der Waals surface area contributed by atoms with Gasteiger partial charge in [0.15, 0.2) is 117 Å². The number of aliphatic carboxylic acids is 1. The molecule has 7 aliphatic rings. The zero-order chi connectivity index (χ0) is 109. The normalized spacial score (nSPS) is 30.2. The number of ether oxygens (including phenoxy) is 30. The van der Waals surface area contributed by atoms with Crippen molar-refractivity contribution >= 4 is 119 Å². The molecular weight excluding hydrogens is 1990 g/mol. The molecule has 6 saturated heterocycles. The maximum Gasteiger partial charge on any atom is 0.407 e. The molecule has 2 aromatic carbocycles. The van der Waals surface area contributed by atoms with E-state index in [1.807, 2.05) is 48.5 Å². The summed E-state index contributed by atoms with van der Waals surface area (Å²) in [6, 6.07) is 11.7. The number of esters is 17. The van der Waals surface area contributed by atoms with Gasteiger partial charge in [-0.25, -0.2) is 9.59 Å². The fourth-order valence-corrected chi connectivity index (χ4v) is 17.7. The van der Waals surface area contributed by atoms with E-state index in [9.17, 15) is 101 Å². The summed E-state index contributed by atoms with van der Waals surface area (Å²) in [6.07, 6.45) is -61.1. The highest BCUT2D eigenvalue weighted by atomic mass is 16.8. The molecule has 6 heterocycles. The molecule has 53 heteroatoms. The smallest absolute Gasteiger partial charge is 0.407 e. The summed E-state index contributed by atoms with van der Waals surface area (Å²) in [6.45, 7) is 12.2. The predicted octanol–water partition coefficient (Wildman–Crippen LogP) is 1.74. The Hall–Kier alpha value is -12.8. The second-order valence-corrected chi connectivity index (χ2v) is 35.0. The minimum Gasteiger partial charge on any atom is -0.480 e. The van der Waals surface area contributed by atoms with Gasteiger partial charge in [-0.15, -0.1) is 0 Å². The number of carbonyl (C=O) groups is 20. The van der Waals surface area contributed by atoms with Crippen LogP contribution in [0.5, 0.6) is 0 Å². The predicted molar refractivity (Wildman–Crippen MR) is 478 cm³/mol. The summed E-state index contributed by atoms with van der Waals surface area (Å²) >= 11 is 0. The van der Waals surface area contributed by atoms with Crippen LogP contribution in [-0.4, -0.2) is 361 Å². The number of alkyl carbamates (subject to hydrolysis) is 1. The lowest BCUT2D eigenvalue weighted by Crippen LogP contribution is -2.72. The number of carboxylic acid groups (broad SMARTS) is 1. The standard InChI is InChI=1S/C95H124N2O51/c1-40-71(127-47(8)104)78(131-51(12)108)84(136-56(17)113)91(126-40)148-87-79(132-52(13)109)73(129-49(10)106)66(36-121-43(4)100)142-94(87)146-77-70(96-41(2)98)89(139-65(35-120-42(3)99)72(77)128-48(9)105)147-82-74(130-50(11)107)67(37-122-44(5)101)141-93(86(82)138-58(19)115)145-76-69(39-124-46(7)103)143-92(85(137-57(18)114)81(76)134-54(15)111)144-75-68(38-123-45(6)102)140-90(83(135-55(16)112)80(75)133-53(14)110)119-33-27-21-20-22-32-64(88(116)117)97-95(118)125-34-63-61-30-25-23-28-59(61)60-29-24-26-31-62(60)63/h23-26,28-31,40,63-87,89-94H,20-22,27,32-39H2,1-19H3,(H,96,98)(H,97,118)(H,116,117)/t40-,64-,65+,66+,67+,68+,69+,70+,71+,72-,73-,74-,75+,76-,77+,78+,79-,80-,81-,82-,83+,84-,85+,86+,87+,89-,90+,91-,92-,93+,94-/m0/s1. The molecular formula is C95H124N2O51. The summed E-state index contributed by atoms with van der Waals surface area (Å²) in [5.74, 6) is -21.9. The van der Waals surface area contributed by atoms with Gasteiger partial charge in [0, 0.05) is 137 Å². The molecule has 6 aliphatic heterocycles. The highest BCUT2D eigenvalue weighted by Gasteiger charge is 2.65. The van der Waals surface area contributed by atoms with Crippen LogP contribution in [0.4, 0.5) is 4.79 Å². The van der Waals surface area contributed by atoms with Crippen molar-refractivity contribution < 1.29 is 243 Å². The van der Waals surface area contributed by atoms with E-state index in [4.69, 9.17) is 142 Å². The molecule has 2 aromatic rings. The van der Waals surface area contributed by atoms with Gasteiger partial charge in [0.2, 0.25) is 5.91 Å². The number of rotatable bonds is 45. The second kappa shape index (κ2) is 55.4. The van der Waals surface area contributed by atoms with Gasteiger partial charge in [-0.1, -0.05) is 67.8 Å². The summed E-state index contributed by atoms with van der Waals surface area (Å²) in [5, 5.41) is 15.2. The Bertz CT molecular complexity index is 5000. The Morgan fingerprint density at radius 2 is 0.568 bits per heavy atom. The molecule has 820 valence electrons. The number of carboxylic acids is 1. The van der Waals surface area contributed by atoms with E-state index in [-0.39, 0.29) is 38.4 Å². The van der Waals surface area contributed by atoms with Crippen molar-refractivity contribution in [3.05, 3.63) is 59.7 Å². The fourth-order valence-electron chi connectivity index (χ4n) is 17.7. The van der Waals surface area contributed by atoms with Crippen LogP contribution in [0, 0.1) is 0 Å². The Morgan fingerprint density at radius 1 is 0.284 bits per heavy atom. The fraction of sp³-hybridized carbons (Fsp3) is 0.663. The van der Waals surface area contributed by atoms with Crippen molar-refractivity contribution in [3.63, 3.8) is 0 Å². The Morgan fingerprint density at radius 3 is 0.953 bits per heavy atom. The SMILES string of the molecule is CC(=O)N[C@H]1[C@H](O[C@H]2[C@@H](OC(C)=O)[C@@H](COC(C)=O)O[C@H](O[C@@H]3[C@H](OC(C)=O)[C@@H](OC(C)=O)[C@H](O[C@H]4[C@H](OC(C)=O)[C@@H](OC(C)=O)[C@H](OCCCCCC[C@H](NC(=O)OCC5c6ccccc6-c6ccccc65)C(=O)O)O[C@@H]4COC(C)=O)O[C@@H]3COC(C)=O)[C@@H]2OC(C)=O)O[C@H](COC(C)=O)[C@H](OC(C)=O)[C@@H]1O[C@@H]1O[C@H](COC(C)=O)[C@H](OC(C)=O)[C@H](OC(C)=O)[C@H]1O[C@@H]1O[C@@H](C)[C@@H](OC(C)=O)[C@@H](OC(C)=O)[C@@H]1OC(C)=O. The summed E-state index contributed by atoms with van der Waals surface area (Å²) < 4.78 is 183. The van der Waals surface area contributed by atoms with Crippen LogP contribution in [0.3, 0.4) is 0 Å². The third-order valence-electron chi connectivity index (χ3n) is 23.0. The van der Waals surface area contributed by atoms with Crippen LogP contribution in [0.2, 0.25) is 0 Å². The lowest BCUT2D eigenvalue weighted by molar-refractivity contribution is -0.393. The average Bonchev–Trinajstić information content (AvgIpc) is 1.44. The number of carbonyl (C=O) groups excluding carboxylic acids is 19. The van der Waals surface area contributed by atoms with Gasteiger partial charge < -0.3 is 158 Å². The van der Waals surface area contributed by atoms with Crippen LogP contribution >= 0.6 is 0 Å². The first-order valence-corrected chi connectivity index (χ1v) is 47.0. The van der Waals surface area contributed by atoms with Crippen molar-refractivity contribution in [3.8, 4) is 11.1 Å². The topological polar surface area (TPSA) is 663 Å². The molecule has 53 nitrogen and oxygen atoms in total. The number of fused-ring (bicyclic) bond motifs is 3. The van der Waals surface area contributed by atoms with E-state index in [1.54, 1.807) is 0 Å². The highest BCUT2D eigenvalue weighted by Crippen LogP contribution is 2.47. The molecule has 148 heavy (non-hydrogen) atoms. The van der Waals surface area contributed by atoms with Gasteiger partial charge >= 0.3 is 114 Å². The first kappa shape index (κ1) is 119. The monoisotopic (exact) mass is 2110 g/mol. The van der Waals surface area contributed by atoms with E-state index in [1.165, 1.54) is 6.92 Å². The van der Waals surface area contributed by atoms with Crippen molar-refractivity contribution in [1.29, 1.82) is 0 Å². The van der Waals surface area contributed by atoms with Crippen molar-refractivity contribution in [1.82, 2.24) is 10.6 Å². The number of unbranched alkanes of at least 4 members (excludes halogenated alkanes) is 3. The van der Waals surface area contributed by atoms with E-state index < -0.39 is 343 Å². The maximum atomic E-state index is 14.3. The molecule has 0 aromatic heterocycles. The lowest BCUT2D eigenvalue weighted by Gasteiger charge is -2.52. The number of hydrogen-bond acceptors (Lipinski definition) is 50. The zero-order valence-corrected chi connectivity index (χ0v) is 84.4. The van der Waals surface area contributed by atoms with Gasteiger partial charge in [0.1, 0.15) is 107 Å². The van der Waals surface area contributed by atoms with Crippen LogP contribution in [-0.2, 0) is 233 Å². The highest BCUT2D eigenvalue weighted by molar-refractivity contribution is 5.82. The summed E-state index contributed by atoms with van der Waals surface area (Å²) in [5.41, 5.74) is 3.84. The van der Waals surface area contributed by atoms with E-state index in [0.29, 0.717) is 12.8 Å². The van der Waals surface area contributed by atoms with E-state index >= 15 is 0 Å². The third kappa shape index (κ3) is 34.1. The Labute approximate surface area is 846 Å². The molecule has 6 fully saturated rings. The van der Waals surface area contributed by atoms with Crippen molar-refractivity contribution in [2.75, 3.05) is 46.2 Å².